The van der Waals surface area contributed by atoms with Gasteiger partial charge in [-0.1, -0.05) is 26.0 Å². The topological polar surface area (TPSA) is 58.7 Å². The van der Waals surface area contributed by atoms with Crippen LogP contribution in [0.3, 0.4) is 0 Å². The number of methoxy groups -OCH3 is 1. The van der Waals surface area contributed by atoms with E-state index in [1.165, 1.54) is 5.56 Å². The lowest BCUT2D eigenvalue weighted by atomic mass is 9.96. The molecule has 0 heterocycles. The second-order valence-corrected chi connectivity index (χ2v) is 5.33. The molecule has 2 unspecified atom stereocenters. The number of hydrogen-bond donors (Lipinski definition) is 2. The third kappa shape index (κ3) is 4.49. The van der Waals surface area contributed by atoms with Crippen LogP contribution in [0.15, 0.2) is 24.3 Å². The summed E-state index contributed by atoms with van der Waals surface area (Å²) < 4.78 is 5.14. The number of likely N-dealkylation sites (N-methyl/N-ethyl adjacent to an activating group) is 1. The molecule has 0 fully saturated rings. The van der Waals surface area contributed by atoms with Crippen molar-refractivity contribution in [3.8, 4) is 5.75 Å². The predicted octanol–water partition coefficient (Wildman–Crippen LogP) is 1.47. The highest BCUT2D eigenvalue weighted by Gasteiger charge is 2.23. The van der Waals surface area contributed by atoms with Crippen LogP contribution in [0.5, 0.6) is 5.75 Å². The molecule has 0 spiro atoms. The number of aliphatic hydroxyl groups excluding tert-OH is 1. The number of benzene rings is 1. The van der Waals surface area contributed by atoms with Crippen molar-refractivity contribution in [1.82, 2.24) is 4.90 Å². The number of ether oxygens (including phenoxy) is 1. The van der Waals surface area contributed by atoms with Crippen LogP contribution >= 0.6 is 0 Å². The average Bonchev–Trinajstić information content (AvgIpc) is 2.40. The van der Waals surface area contributed by atoms with Crippen molar-refractivity contribution in [1.29, 1.82) is 0 Å². The molecule has 0 saturated carbocycles. The molecule has 3 N–H and O–H groups in total. The lowest BCUT2D eigenvalue weighted by molar-refractivity contribution is 0.107. The van der Waals surface area contributed by atoms with Gasteiger partial charge in [-0.25, -0.2) is 0 Å². The summed E-state index contributed by atoms with van der Waals surface area (Å²) in [4.78, 5) is 2.10. The predicted molar refractivity (Wildman–Crippen MR) is 78.1 cm³/mol. The molecular weight excluding hydrogens is 240 g/mol. The summed E-state index contributed by atoms with van der Waals surface area (Å²) in [5.74, 6) is 1.19. The summed E-state index contributed by atoms with van der Waals surface area (Å²) in [6.07, 6.45) is 0. The molecule has 0 aliphatic rings. The van der Waals surface area contributed by atoms with E-state index in [4.69, 9.17) is 10.5 Å². The van der Waals surface area contributed by atoms with Gasteiger partial charge in [-0.05, 0) is 30.7 Å². The molecule has 0 aliphatic carbocycles. The minimum Gasteiger partial charge on any atom is -0.497 e. The third-order valence-electron chi connectivity index (χ3n) is 3.56. The Bertz CT molecular complexity index is 365. The highest BCUT2D eigenvalue weighted by Crippen LogP contribution is 2.15. The first-order valence-corrected chi connectivity index (χ1v) is 6.69. The first-order chi connectivity index (χ1) is 8.99. The molecule has 0 saturated heterocycles. The lowest BCUT2D eigenvalue weighted by Crippen LogP contribution is -2.50. The summed E-state index contributed by atoms with van der Waals surface area (Å²) in [5, 5.41) is 9.53. The van der Waals surface area contributed by atoms with Gasteiger partial charge in [0.2, 0.25) is 0 Å². The fraction of sp³-hybridized carbons (Fsp3) is 0.600. The SMILES string of the molecule is COc1ccc(CN(C)C(CO)C(N)C(C)C)cc1. The van der Waals surface area contributed by atoms with Gasteiger partial charge in [0.05, 0.1) is 13.7 Å². The fourth-order valence-electron chi connectivity index (χ4n) is 2.14. The molecule has 4 nitrogen and oxygen atoms in total. The molecule has 0 radical (unpaired) electrons. The van der Waals surface area contributed by atoms with E-state index in [2.05, 4.69) is 18.7 Å². The van der Waals surface area contributed by atoms with Gasteiger partial charge in [0.1, 0.15) is 5.75 Å². The molecular formula is C15H26N2O2. The van der Waals surface area contributed by atoms with Crippen molar-refractivity contribution in [3.63, 3.8) is 0 Å². The van der Waals surface area contributed by atoms with Crippen LogP contribution in [0.4, 0.5) is 0 Å². The van der Waals surface area contributed by atoms with E-state index in [-0.39, 0.29) is 18.7 Å². The van der Waals surface area contributed by atoms with Gasteiger partial charge < -0.3 is 15.6 Å². The van der Waals surface area contributed by atoms with Crippen molar-refractivity contribution in [2.24, 2.45) is 11.7 Å². The standard InChI is InChI=1S/C15H26N2O2/c1-11(2)15(16)14(10-18)17(3)9-12-5-7-13(19-4)8-6-12/h5-8,11,14-15,18H,9-10,16H2,1-4H3. The summed E-state index contributed by atoms with van der Waals surface area (Å²) in [6, 6.07) is 7.89. The maximum atomic E-state index is 9.53. The lowest BCUT2D eigenvalue weighted by Gasteiger charge is -2.33. The Morgan fingerprint density at radius 1 is 1.26 bits per heavy atom. The first-order valence-electron chi connectivity index (χ1n) is 6.69. The smallest absolute Gasteiger partial charge is 0.118 e. The van der Waals surface area contributed by atoms with Gasteiger partial charge >= 0.3 is 0 Å². The summed E-state index contributed by atoms with van der Waals surface area (Å²) in [7, 11) is 3.65. The Morgan fingerprint density at radius 3 is 2.26 bits per heavy atom. The van der Waals surface area contributed by atoms with E-state index in [0.717, 1.165) is 12.3 Å². The molecule has 1 rings (SSSR count). The number of nitrogens with zero attached hydrogens (tertiary/aromatic N) is 1. The maximum Gasteiger partial charge on any atom is 0.118 e. The average molecular weight is 266 g/mol. The van der Waals surface area contributed by atoms with Crippen LogP contribution in [0.25, 0.3) is 0 Å². The van der Waals surface area contributed by atoms with Crippen LogP contribution in [-0.2, 0) is 6.54 Å². The molecule has 4 heteroatoms. The highest BCUT2D eigenvalue weighted by atomic mass is 16.5. The Morgan fingerprint density at radius 2 is 1.84 bits per heavy atom. The second kappa shape index (κ2) is 7.48. The van der Waals surface area contributed by atoms with Gasteiger partial charge in [-0.3, -0.25) is 4.90 Å². The summed E-state index contributed by atoms with van der Waals surface area (Å²) in [5.41, 5.74) is 7.33. The normalized spacial score (nSPS) is 14.7. The highest BCUT2D eigenvalue weighted by molar-refractivity contribution is 5.27. The molecule has 108 valence electrons. The summed E-state index contributed by atoms with van der Waals surface area (Å²) >= 11 is 0. The van der Waals surface area contributed by atoms with Gasteiger partial charge in [0.25, 0.3) is 0 Å². The Labute approximate surface area is 116 Å². The van der Waals surface area contributed by atoms with Crippen molar-refractivity contribution < 1.29 is 9.84 Å². The number of aliphatic hydroxyl groups is 1. The Kier molecular flexibility index (Phi) is 6.28. The molecule has 0 aliphatic heterocycles. The van der Waals surface area contributed by atoms with Crippen molar-refractivity contribution in [3.05, 3.63) is 29.8 Å². The van der Waals surface area contributed by atoms with Gasteiger partial charge in [-0.15, -0.1) is 0 Å². The fourth-order valence-corrected chi connectivity index (χ4v) is 2.14. The van der Waals surface area contributed by atoms with Crippen molar-refractivity contribution in [2.75, 3.05) is 20.8 Å². The quantitative estimate of drug-likeness (QED) is 0.784. The van der Waals surface area contributed by atoms with E-state index in [1.54, 1.807) is 7.11 Å². The first kappa shape index (κ1) is 16.0. The van der Waals surface area contributed by atoms with Crippen molar-refractivity contribution >= 4 is 0 Å². The maximum absolute atomic E-state index is 9.53. The van der Waals surface area contributed by atoms with Crippen LogP contribution in [0.2, 0.25) is 0 Å². The van der Waals surface area contributed by atoms with Crippen LogP contribution in [0.1, 0.15) is 19.4 Å². The minimum absolute atomic E-state index is 0.0258. The molecule has 2 atom stereocenters. The zero-order valence-electron chi connectivity index (χ0n) is 12.3. The van der Waals surface area contributed by atoms with Gasteiger partial charge in [-0.2, -0.15) is 0 Å². The largest absolute Gasteiger partial charge is 0.497 e. The number of nitrogens with two attached hydrogens (primary N) is 1. The van der Waals surface area contributed by atoms with E-state index in [9.17, 15) is 5.11 Å². The van der Waals surface area contributed by atoms with E-state index in [1.807, 2.05) is 31.3 Å². The van der Waals surface area contributed by atoms with E-state index < -0.39 is 0 Å². The molecule has 0 amide bonds. The van der Waals surface area contributed by atoms with Crippen LogP contribution in [0, 0.1) is 5.92 Å². The Balaban J connectivity index is 2.67. The zero-order valence-corrected chi connectivity index (χ0v) is 12.3. The zero-order chi connectivity index (χ0) is 14.4. The third-order valence-corrected chi connectivity index (χ3v) is 3.56. The molecule has 1 aromatic carbocycles. The van der Waals surface area contributed by atoms with Gasteiger partial charge in [0, 0.05) is 18.6 Å². The minimum atomic E-state index is -0.0340. The van der Waals surface area contributed by atoms with Gasteiger partial charge in [0.15, 0.2) is 0 Å². The molecule has 0 bridgehead atoms. The second-order valence-electron chi connectivity index (χ2n) is 5.33. The van der Waals surface area contributed by atoms with Crippen LogP contribution < -0.4 is 10.5 Å². The summed E-state index contributed by atoms with van der Waals surface area (Å²) in [6.45, 7) is 4.99. The Hall–Kier alpha value is -1.10. The van der Waals surface area contributed by atoms with E-state index >= 15 is 0 Å². The van der Waals surface area contributed by atoms with E-state index in [0.29, 0.717) is 5.92 Å². The molecule has 0 aromatic heterocycles. The van der Waals surface area contributed by atoms with Crippen molar-refractivity contribution in [2.45, 2.75) is 32.5 Å². The monoisotopic (exact) mass is 266 g/mol. The molecule has 19 heavy (non-hydrogen) atoms. The molecule has 1 aromatic rings. The van der Waals surface area contributed by atoms with Crippen LogP contribution in [-0.4, -0.2) is 42.9 Å². The number of rotatable bonds is 7. The number of hydrogen-bond acceptors (Lipinski definition) is 4.